The van der Waals surface area contributed by atoms with Gasteiger partial charge < -0.3 is 4.74 Å². The number of halogens is 1. The Balaban J connectivity index is 1.53. The van der Waals surface area contributed by atoms with Gasteiger partial charge in [0.1, 0.15) is 16.8 Å². The number of rotatable bonds is 4. The molecule has 1 aliphatic rings. The van der Waals surface area contributed by atoms with E-state index in [1.807, 2.05) is 18.2 Å². The zero-order valence-electron chi connectivity index (χ0n) is 14.0. The van der Waals surface area contributed by atoms with Crippen molar-refractivity contribution >= 4 is 34.0 Å². The van der Waals surface area contributed by atoms with Crippen LogP contribution in [0.4, 0.5) is 5.13 Å². The minimum absolute atomic E-state index is 0.0123. The second-order valence-corrected chi connectivity index (χ2v) is 7.34. The molecule has 1 N–H and O–H groups in total. The van der Waals surface area contributed by atoms with Gasteiger partial charge in [-0.25, -0.2) is 0 Å². The molecule has 0 bridgehead atoms. The highest BCUT2D eigenvalue weighted by molar-refractivity contribution is 7.15. The number of ether oxygens (including phenoxy) is 1. The second-order valence-electron chi connectivity index (χ2n) is 5.92. The predicted molar refractivity (Wildman–Crippen MR) is 99.4 cm³/mol. The van der Waals surface area contributed by atoms with E-state index in [9.17, 15) is 4.79 Å². The molecule has 0 saturated carbocycles. The van der Waals surface area contributed by atoms with Gasteiger partial charge in [0, 0.05) is 19.2 Å². The molecule has 0 aliphatic carbocycles. The standard InChI is InChI=1S/C17H16ClN5O2S/c1-23-13(9-12(22-23)10-5-2-3-6-11(10)18)15(24)19-17-21-20-16(26-17)14-7-4-8-25-14/h2-3,5-6,9,14H,4,7-8H2,1H3,(H,19,21,24). The maximum absolute atomic E-state index is 12.6. The zero-order valence-corrected chi connectivity index (χ0v) is 15.5. The van der Waals surface area contributed by atoms with Crippen molar-refractivity contribution in [3.8, 4) is 11.3 Å². The molecular formula is C17H16ClN5O2S. The second kappa shape index (κ2) is 7.14. The van der Waals surface area contributed by atoms with E-state index in [1.54, 1.807) is 19.2 Å². The van der Waals surface area contributed by atoms with E-state index in [0.29, 0.717) is 21.5 Å². The smallest absolute Gasteiger partial charge is 0.275 e. The van der Waals surface area contributed by atoms with Gasteiger partial charge in [0.05, 0.1) is 10.7 Å². The number of nitrogens with one attached hydrogen (secondary N) is 1. The van der Waals surface area contributed by atoms with E-state index < -0.39 is 0 Å². The average Bonchev–Trinajstić information content (AvgIpc) is 3.35. The van der Waals surface area contributed by atoms with Crippen molar-refractivity contribution in [2.24, 2.45) is 7.05 Å². The molecule has 1 atom stereocenters. The number of aromatic nitrogens is 4. The summed E-state index contributed by atoms with van der Waals surface area (Å²) >= 11 is 7.55. The van der Waals surface area contributed by atoms with Crippen LogP contribution in [-0.2, 0) is 11.8 Å². The van der Waals surface area contributed by atoms with Gasteiger partial charge in [-0.3, -0.25) is 14.8 Å². The van der Waals surface area contributed by atoms with Crippen LogP contribution in [0.3, 0.4) is 0 Å². The highest BCUT2D eigenvalue weighted by Crippen LogP contribution is 2.32. The summed E-state index contributed by atoms with van der Waals surface area (Å²) in [4.78, 5) is 12.6. The summed E-state index contributed by atoms with van der Waals surface area (Å²) in [5, 5.41) is 17.2. The summed E-state index contributed by atoms with van der Waals surface area (Å²) in [5.41, 5.74) is 1.83. The third-order valence-corrected chi connectivity index (χ3v) is 5.39. The van der Waals surface area contributed by atoms with E-state index >= 15 is 0 Å². The van der Waals surface area contributed by atoms with Crippen LogP contribution in [-0.4, -0.2) is 32.5 Å². The molecule has 1 saturated heterocycles. The molecule has 4 rings (SSSR count). The van der Waals surface area contributed by atoms with E-state index in [4.69, 9.17) is 16.3 Å². The van der Waals surface area contributed by atoms with Crippen molar-refractivity contribution in [3.05, 3.63) is 46.1 Å². The number of carbonyl (C=O) groups is 1. The molecule has 1 aliphatic heterocycles. The SMILES string of the molecule is Cn1nc(-c2ccccc2Cl)cc1C(=O)Nc1nnc(C2CCCO2)s1. The summed E-state index contributed by atoms with van der Waals surface area (Å²) in [7, 11) is 1.72. The summed E-state index contributed by atoms with van der Waals surface area (Å²) in [6.45, 7) is 0.742. The van der Waals surface area contributed by atoms with Crippen molar-refractivity contribution in [1.82, 2.24) is 20.0 Å². The Hall–Kier alpha value is -2.29. The average molecular weight is 390 g/mol. The summed E-state index contributed by atoms with van der Waals surface area (Å²) in [6, 6.07) is 9.09. The lowest BCUT2D eigenvalue weighted by Gasteiger charge is -2.02. The van der Waals surface area contributed by atoms with Crippen LogP contribution in [0.15, 0.2) is 30.3 Å². The summed E-state index contributed by atoms with van der Waals surface area (Å²) in [6.07, 6.45) is 1.94. The van der Waals surface area contributed by atoms with Gasteiger partial charge in [-0.1, -0.05) is 41.1 Å². The highest BCUT2D eigenvalue weighted by atomic mass is 35.5. The third kappa shape index (κ3) is 3.35. The maximum atomic E-state index is 12.6. The highest BCUT2D eigenvalue weighted by Gasteiger charge is 2.23. The molecule has 0 radical (unpaired) electrons. The van der Waals surface area contributed by atoms with Crippen molar-refractivity contribution in [2.45, 2.75) is 18.9 Å². The van der Waals surface area contributed by atoms with Crippen molar-refractivity contribution in [2.75, 3.05) is 11.9 Å². The first-order valence-electron chi connectivity index (χ1n) is 8.17. The molecule has 1 fully saturated rings. The fourth-order valence-electron chi connectivity index (χ4n) is 2.83. The molecule has 7 nitrogen and oxygen atoms in total. The Morgan fingerprint density at radius 3 is 3.00 bits per heavy atom. The molecule has 1 unspecified atom stereocenters. The lowest BCUT2D eigenvalue weighted by molar-refractivity contribution is 0.101. The zero-order chi connectivity index (χ0) is 18.1. The van der Waals surface area contributed by atoms with Gasteiger partial charge in [0.2, 0.25) is 5.13 Å². The number of anilines is 1. The Bertz CT molecular complexity index is 948. The first-order chi connectivity index (χ1) is 12.6. The summed E-state index contributed by atoms with van der Waals surface area (Å²) < 4.78 is 7.12. The third-order valence-electron chi connectivity index (χ3n) is 4.13. The lowest BCUT2D eigenvalue weighted by Crippen LogP contribution is -2.15. The van der Waals surface area contributed by atoms with Gasteiger partial charge in [-0.05, 0) is 25.0 Å². The molecule has 3 aromatic rings. The first-order valence-corrected chi connectivity index (χ1v) is 9.36. The van der Waals surface area contributed by atoms with E-state index in [1.165, 1.54) is 16.0 Å². The van der Waals surface area contributed by atoms with Gasteiger partial charge >= 0.3 is 0 Å². The number of hydrogen-bond acceptors (Lipinski definition) is 6. The van der Waals surface area contributed by atoms with Crippen molar-refractivity contribution < 1.29 is 9.53 Å². The van der Waals surface area contributed by atoms with Gasteiger partial charge in [-0.2, -0.15) is 5.10 Å². The number of nitrogens with zero attached hydrogens (tertiary/aromatic N) is 4. The van der Waals surface area contributed by atoms with Gasteiger partial charge in [-0.15, -0.1) is 10.2 Å². The molecule has 9 heteroatoms. The minimum atomic E-state index is -0.298. The summed E-state index contributed by atoms with van der Waals surface area (Å²) in [5.74, 6) is -0.298. The molecule has 3 heterocycles. The van der Waals surface area contributed by atoms with Crippen LogP contribution >= 0.6 is 22.9 Å². The quantitative estimate of drug-likeness (QED) is 0.735. The predicted octanol–water partition coefficient (Wildman–Crippen LogP) is 3.70. The van der Waals surface area contributed by atoms with Crippen LogP contribution in [0.1, 0.15) is 34.4 Å². The molecular weight excluding hydrogens is 374 g/mol. The Kier molecular flexibility index (Phi) is 4.71. The van der Waals surface area contributed by atoms with Crippen LogP contribution in [0, 0.1) is 0 Å². The first kappa shape index (κ1) is 17.1. The topological polar surface area (TPSA) is 81.9 Å². The van der Waals surface area contributed by atoms with Gasteiger partial charge in [0.15, 0.2) is 0 Å². The number of hydrogen-bond donors (Lipinski definition) is 1. The molecule has 26 heavy (non-hydrogen) atoms. The monoisotopic (exact) mass is 389 g/mol. The molecule has 134 valence electrons. The van der Waals surface area contributed by atoms with Crippen LogP contribution in [0.2, 0.25) is 5.02 Å². The van der Waals surface area contributed by atoms with Crippen molar-refractivity contribution in [1.29, 1.82) is 0 Å². The fraction of sp³-hybridized carbons (Fsp3) is 0.294. The minimum Gasteiger partial charge on any atom is -0.371 e. The number of aryl methyl sites for hydroxylation is 1. The van der Waals surface area contributed by atoms with E-state index in [0.717, 1.165) is 30.0 Å². The largest absolute Gasteiger partial charge is 0.371 e. The maximum Gasteiger partial charge on any atom is 0.275 e. The Morgan fingerprint density at radius 2 is 2.23 bits per heavy atom. The molecule has 2 aromatic heterocycles. The van der Waals surface area contributed by atoms with Crippen LogP contribution < -0.4 is 5.32 Å². The van der Waals surface area contributed by atoms with E-state index in [-0.39, 0.29) is 12.0 Å². The Labute approximate surface area is 159 Å². The molecule has 1 aromatic carbocycles. The number of amides is 1. The molecule has 0 spiro atoms. The molecule has 1 amide bonds. The van der Waals surface area contributed by atoms with Crippen LogP contribution in [0.25, 0.3) is 11.3 Å². The number of benzene rings is 1. The van der Waals surface area contributed by atoms with Crippen LogP contribution in [0.5, 0.6) is 0 Å². The van der Waals surface area contributed by atoms with Crippen molar-refractivity contribution in [3.63, 3.8) is 0 Å². The van der Waals surface area contributed by atoms with E-state index in [2.05, 4.69) is 20.6 Å². The lowest BCUT2D eigenvalue weighted by atomic mass is 10.1. The number of carbonyl (C=O) groups excluding carboxylic acids is 1. The Morgan fingerprint density at radius 1 is 1.38 bits per heavy atom. The fourth-order valence-corrected chi connectivity index (χ4v) is 3.88. The normalized spacial score (nSPS) is 16.8. The van der Waals surface area contributed by atoms with Gasteiger partial charge in [0.25, 0.3) is 5.91 Å².